The smallest absolute Gasteiger partial charge is 0.379 e. The molecular formula is C16H32F3IN4O2. The first-order valence-corrected chi connectivity index (χ1v) is 8.80. The number of hydrogen-bond donors (Lipinski definition) is 2. The number of nitrogens with zero attached hydrogens (tertiary/aromatic N) is 2. The molecule has 0 aliphatic carbocycles. The minimum atomic E-state index is -4.15. The number of aliphatic imine (C=N–C) groups is 1. The molecule has 1 rings (SSSR count). The number of nitrogens with one attached hydrogen (secondary N) is 2. The molecule has 1 fully saturated rings. The van der Waals surface area contributed by atoms with Crippen LogP contribution >= 0.6 is 24.0 Å². The van der Waals surface area contributed by atoms with E-state index in [1.807, 2.05) is 0 Å². The molecule has 1 saturated heterocycles. The average Bonchev–Trinajstić information content (AvgIpc) is 3.04. The first kappa shape index (κ1) is 25.7. The van der Waals surface area contributed by atoms with Gasteiger partial charge in [-0.2, -0.15) is 13.2 Å². The molecule has 1 aliphatic heterocycles. The van der Waals surface area contributed by atoms with E-state index in [1.54, 1.807) is 7.05 Å². The molecule has 0 radical (unpaired) electrons. The lowest BCUT2D eigenvalue weighted by atomic mass is 10.2. The van der Waals surface area contributed by atoms with Crippen LogP contribution in [0.2, 0.25) is 0 Å². The van der Waals surface area contributed by atoms with E-state index in [1.165, 1.54) is 11.9 Å². The summed E-state index contributed by atoms with van der Waals surface area (Å²) in [6.07, 6.45) is -0.250. The van der Waals surface area contributed by atoms with E-state index in [9.17, 15) is 13.2 Å². The number of alkyl halides is 3. The van der Waals surface area contributed by atoms with Crippen LogP contribution < -0.4 is 10.6 Å². The second kappa shape index (κ2) is 14.7. The zero-order chi connectivity index (χ0) is 18.5. The summed E-state index contributed by atoms with van der Waals surface area (Å²) in [5.74, 6) is 0.651. The van der Waals surface area contributed by atoms with Gasteiger partial charge in [-0.3, -0.25) is 9.89 Å². The van der Waals surface area contributed by atoms with Crippen molar-refractivity contribution in [2.45, 2.75) is 38.0 Å². The maximum Gasteiger partial charge on any atom is 0.401 e. The van der Waals surface area contributed by atoms with E-state index in [0.29, 0.717) is 38.7 Å². The summed E-state index contributed by atoms with van der Waals surface area (Å²) < 4.78 is 47.7. The van der Waals surface area contributed by atoms with Gasteiger partial charge in [0.15, 0.2) is 5.96 Å². The second-order valence-electron chi connectivity index (χ2n) is 6.20. The van der Waals surface area contributed by atoms with Gasteiger partial charge in [0.2, 0.25) is 0 Å². The summed E-state index contributed by atoms with van der Waals surface area (Å²) in [5, 5.41) is 6.25. The summed E-state index contributed by atoms with van der Waals surface area (Å²) in [5.41, 5.74) is 0. The fourth-order valence-corrected chi connectivity index (χ4v) is 2.53. The Balaban J connectivity index is 0.00000625. The molecule has 1 atom stereocenters. The van der Waals surface area contributed by atoms with Crippen LogP contribution in [0.4, 0.5) is 13.2 Å². The maximum absolute atomic E-state index is 12.2. The molecule has 156 valence electrons. The highest BCUT2D eigenvalue weighted by Gasteiger charge is 2.28. The Bertz CT molecular complexity index is 381. The lowest BCUT2D eigenvalue weighted by Crippen LogP contribution is -2.39. The Morgan fingerprint density at radius 1 is 1.27 bits per heavy atom. The highest BCUT2D eigenvalue weighted by atomic mass is 127. The van der Waals surface area contributed by atoms with Gasteiger partial charge in [-0.25, -0.2) is 0 Å². The Kier molecular flexibility index (Phi) is 14.5. The highest BCUT2D eigenvalue weighted by molar-refractivity contribution is 14.0. The van der Waals surface area contributed by atoms with Gasteiger partial charge in [-0.1, -0.05) is 0 Å². The lowest BCUT2D eigenvalue weighted by Gasteiger charge is -2.19. The zero-order valence-electron chi connectivity index (χ0n) is 15.6. The number of ether oxygens (including phenoxy) is 2. The lowest BCUT2D eigenvalue weighted by molar-refractivity contribution is -0.143. The Hall–Kier alpha value is -0.330. The molecule has 1 heterocycles. The molecule has 0 saturated carbocycles. The molecule has 0 aromatic rings. The fraction of sp³-hybridized carbons (Fsp3) is 0.938. The molecule has 0 amide bonds. The van der Waals surface area contributed by atoms with E-state index < -0.39 is 12.7 Å². The van der Waals surface area contributed by atoms with Crippen LogP contribution in [-0.2, 0) is 9.47 Å². The van der Waals surface area contributed by atoms with Crippen LogP contribution in [-0.4, -0.2) is 83.2 Å². The summed E-state index contributed by atoms with van der Waals surface area (Å²) >= 11 is 0. The van der Waals surface area contributed by atoms with E-state index in [0.717, 1.165) is 32.4 Å². The largest absolute Gasteiger partial charge is 0.401 e. The summed E-state index contributed by atoms with van der Waals surface area (Å²) in [4.78, 5) is 5.35. The van der Waals surface area contributed by atoms with Crippen LogP contribution in [0.25, 0.3) is 0 Å². The number of guanidine groups is 1. The highest BCUT2D eigenvalue weighted by Crippen LogP contribution is 2.15. The Morgan fingerprint density at radius 2 is 1.96 bits per heavy atom. The van der Waals surface area contributed by atoms with E-state index in [2.05, 4.69) is 15.6 Å². The molecule has 1 unspecified atom stereocenters. The van der Waals surface area contributed by atoms with E-state index in [4.69, 9.17) is 9.47 Å². The van der Waals surface area contributed by atoms with Crippen molar-refractivity contribution in [3.8, 4) is 0 Å². The predicted molar refractivity (Wildman–Crippen MR) is 107 cm³/mol. The van der Waals surface area contributed by atoms with Crippen molar-refractivity contribution >= 4 is 29.9 Å². The Labute approximate surface area is 171 Å². The van der Waals surface area contributed by atoms with Gasteiger partial charge in [-0.05, 0) is 39.3 Å². The van der Waals surface area contributed by atoms with Gasteiger partial charge in [0.1, 0.15) is 0 Å². The van der Waals surface area contributed by atoms with E-state index in [-0.39, 0.29) is 30.1 Å². The van der Waals surface area contributed by atoms with Crippen molar-refractivity contribution in [2.75, 3.05) is 60.1 Å². The van der Waals surface area contributed by atoms with Gasteiger partial charge in [0.25, 0.3) is 0 Å². The van der Waals surface area contributed by atoms with E-state index >= 15 is 0 Å². The van der Waals surface area contributed by atoms with Gasteiger partial charge in [-0.15, -0.1) is 24.0 Å². The molecule has 10 heteroatoms. The molecule has 0 aromatic carbocycles. The van der Waals surface area contributed by atoms with Crippen molar-refractivity contribution in [2.24, 2.45) is 4.99 Å². The average molecular weight is 496 g/mol. The van der Waals surface area contributed by atoms with Crippen LogP contribution in [0.3, 0.4) is 0 Å². The van der Waals surface area contributed by atoms with Crippen LogP contribution in [0.5, 0.6) is 0 Å². The zero-order valence-corrected chi connectivity index (χ0v) is 17.9. The van der Waals surface area contributed by atoms with Gasteiger partial charge in [0, 0.05) is 33.4 Å². The molecule has 1 aliphatic rings. The van der Waals surface area contributed by atoms with Gasteiger partial charge < -0.3 is 20.1 Å². The predicted octanol–water partition coefficient (Wildman–Crippen LogP) is 2.24. The van der Waals surface area contributed by atoms with Crippen LogP contribution in [0.1, 0.15) is 25.7 Å². The van der Waals surface area contributed by atoms with Crippen molar-refractivity contribution in [1.29, 1.82) is 0 Å². The number of halogens is 4. The van der Waals surface area contributed by atoms with Crippen LogP contribution in [0.15, 0.2) is 4.99 Å². The van der Waals surface area contributed by atoms with Crippen molar-refractivity contribution in [1.82, 2.24) is 15.5 Å². The van der Waals surface area contributed by atoms with Crippen molar-refractivity contribution in [3.05, 3.63) is 0 Å². The molecule has 6 nitrogen and oxygen atoms in total. The molecule has 0 aromatic heterocycles. The molecule has 26 heavy (non-hydrogen) atoms. The SMILES string of the molecule is CN=C(NCCCOCC1CCCO1)NCCCN(C)CC(F)(F)F.I. The van der Waals surface area contributed by atoms with Crippen molar-refractivity contribution in [3.63, 3.8) is 0 Å². The second-order valence-corrected chi connectivity index (χ2v) is 6.20. The Morgan fingerprint density at radius 3 is 2.54 bits per heavy atom. The van der Waals surface area contributed by atoms with Gasteiger partial charge in [0.05, 0.1) is 19.3 Å². The third kappa shape index (κ3) is 13.8. The fourth-order valence-electron chi connectivity index (χ4n) is 2.53. The summed E-state index contributed by atoms with van der Waals surface area (Å²) in [6.45, 7) is 2.93. The molecule has 0 bridgehead atoms. The summed E-state index contributed by atoms with van der Waals surface area (Å²) in [6, 6.07) is 0. The topological polar surface area (TPSA) is 58.1 Å². The summed E-state index contributed by atoms with van der Waals surface area (Å²) in [7, 11) is 3.14. The van der Waals surface area contributed by atoms with Crippen molar-refractivity contribution < 1.29 is 22.6 Å². The molecule has 0 spiro atoms. The molecular weight excluding hydrogens is 464 g/mol. The normalized spacial score (nSPS) is 18.1. The third-order valence-corrected chi connectivity index (χ3v) is 3.77. The number of hydrogen-bond acceptors (Lipinski definition) is 4. The van der Waals surface area contributed by atoms with Gasteiger partial charge >= 0.3 is 6.18 Å². The maximum atomic E-state index is 12.2. The minimum absolute atomic E-state index is 0. The monoisotopic (exact) mass is 496 g/mol. The standard InChI is InChI=1S/C16H31F3N4O2.HI/c1-20-15(21-7-4-9-23(2)13-16(17,18)19)22-8-5-10-24-12-14-6-3-11-25-14;/h14H,3-13H2,1-2H3,(H2,20,21,22);1H. The first-order chi connectivity index (χ1) is 11.9. The minimum Gasteiger partial charge on any atom is -0.379 e. The third-order valence-electron chi connectivity index (χ3n) is 3.77. The first-order valence-electron chi connectivity index (χ1n) is 8.80. The molecule has 2 N–H and O–H groups in total. The van der Waals surface area contributed by atoms with Crippen LogP contribution in [0, 0.1) is 0 Å². The number of rotatable bonds is 11. The quantitative estimate of drug-likeness (QED) is 0.199.